The summed E-state index contributed by atoms with van der Waals surface area (Å²) in [5, 5.41) is 0. The summed E-state index contributed by atoms with van der Waals surface area (Å²) in [5.74, 6) is 0. The second-order valence-electron chi connectivity index (χ2n) is 5.82. The van der Waals surface area contributed by atoms with E-state index >= 15 is 0 Å². The molecular weight excluding hydrogens is 333 g/mol. The fourth-order valence-electron chi connectivity index (χ4n) is 2.59. The van der Waals surface area contributed by atoms with Crippen LogP contribution in [0.3, 0.4) is 0 Å². The molecule has 0 spiro atoms. The highest BCUT2D eigenvalue weighted by molar-refractivity contribution is 9.10. The van der Waals surface area contributed by atoms with Crippen molar-refractivity contribution in [3.05, 3.63) is 33.8 Å². The van der Waals surface area contributed by atoms with Crippen LogP contribution in [0.2, 0.25) is 0 Å². The molecule has 0 bridgehead atoms. The van der Waals surface area contributed by atoms with E-state index in [1.54, 1.807) is 6.07 Å². The Morgan fingerprint density at radius 1 is 1.35 bits per heavy atom. The Labute approximate surface area is 125 Å². The van der Waals surface area contributed by atoms with Gasteiger partial charge in [0.25, 0.3) is 0 Å². The molecule has 1 heterocycles. The average Bonchev–Trinajstić information content (AvgIpc) is 2.70. The highest BCUT2D eigenvalue weighted by atomic mass is 79.9. The molecule has 1 saturated heterocycles. The quantitative estimate of drug-likeness (QED) is 0.901. The molecule has 1 aromatic carbocycles. The zero-order valence-corrected chi connectivity index (χ0v) is 12.9. The summed E-state index contributed by atoms with van der Waals surface area (Å²) >= 11 is 3.15. The third-order valence-corrected chi connectivity index (χ3v) is 4.28. The van der Waals surface area contributed by atoms with E-state index in [4.69, 9.17) is 5.73 Å². The molecule has 0 aromatic heterocycles. The van der Waals surface area contributed by atoms with Crippen LogP contribution in [0.25, 0.3) is 0 Å². The SMILES string of the molecule is CC1(CN)CCN(Cc2cc(Br)cc(C(F)(F)F)c2)C1. The summed E-state index contributed by atoms with van der Waals surface area (Å²) in [6.45, 7) is 4.96. The highest BCUT2D eigenvalue weighted by Gasteiger charge is 2.33. The normalized spacial score (nSPS) is 24.3. The van der Waals surface area contributed by atoms with Crippen LogP contribution in [0, 0.1) is 5.41 Å². The lowest BCUT2D eigenvalue weighted by molar-refractivity contribution is -0.137. The first-order valence-corrected chi connectivity index (χ1v) is 7.30. The van der Waals surface area contributed by atoms with Crippen LogP contribution in [-0.2, 0) is 12.7 Å². The Morgan fingerprint density at radius 2 is 2.05 bits per heavy atom. The van der Waals surface area contributed by atoms with Crippen LogP contribution < -0.4 is 5.73 Å². The third-order valence-electron chi connectivity index (χ3n) is 3.82. The second-order valence-corrected chi connectivity index (χ2v) is 6.74. The number of likely N-dealkylation sites (tertiary alicyclic amines) is 1. The summed E-state index contributed by atoms with van der Waals surface area (Å²) < 4.78 is 38.8. The predicted molar refractivity (Wildman–Crippen MR) is 76.2 cm³/mol. The van der Waals surface area contributed by atoms with Gasteiger partial charge in [-0.05, 0) is 48.7 Å². The minimum atomic E-state index is -4.31. The van der Waals surface area contributed by atoms with Crippen LogP contribution in [0.4, 0.5) is 13.2 Å². The Bertz CT molecular complexity index is 490. The molecule has 2 N–H and O–H groups in total. The van der Waals surface area contributed by atoms with Crippen molar-refractivity contribution in [1.29, 1.82) is 0 Å². The van der Waals surface area contributed by atoms with Gasteiger partial charge in [-0.15, -0.1) is 0 Å². The van der Waals surface area contributed by atoms with Gasteiger partial charge in [0.15, 0.2) is 0 Å². The fraction of sp³-hybridized carbons (Fsp3) is 0.571. The van der Waals surface area contributed by atoms with Gasteiger partial charge in [0.05, 0.1) is 5.56 Å². The lowest BCUT2D eigenvalue weighted by Gasteiger charge is -2.23. The van der Waals surface area contributed by atoms with Crippen molar-refractivity contribution in [2.24, 2.45) is 11.1 Å². The summed E-state index contributed by atoms with van der Waals surface area (Å²) in [5.41, 5.74) is 5.89. The first-order valence-electron chi connectivity index (χ1n) is 6.51. The number of nitrogens with two attached hydrogens (primary N) is 1. The van der Waals surface area contributed by atoms with E-state index in [-0.39, 0.29) is 5.41 Å². The van der Waals surface area contributed by atoms with Crippen molar-refractivity contribution in [3.8, 4) is 0 Å². The molecule has 0 radical (unpaired) electrons. The first kappa shape index (κ1) is 15.8. The third kappa shape index (κ3) is 3.74. The van der Waals surface area contributed by atoms with Gasteiger partial charge in [-0.25, -0.2) is 0 Å². The van der Waals surface area contributed by atoms with Crippen LogP contribution in [0.1, 0.15) is 24.5 Å². The lowest BCUT2D eigenvalue weighted by Crippen LogP contribution is -2.31. The smallest absolute Gasteiger partial charge is 0.330 e. The molecule has 2 rings (SSSR count). The number of alkyl halides is 3. The van der Waals surface area contributed by atoms with Gasteiger partial charge in [0.1, 0.15) is 0 Å². The van der Waals surface area contributed by atoms with Crippen molar-refractivity contribution in [3.63, 3.8) is 0 Å². The molecule has 1 fully saturated rings. The van der Waals surface area contributed by atoms with E-state index in [9.17, 15) is 13.2 Å². The van der Waals surface area contributed by atoms with Gasteiger partial charge in [-0.1, -0.05) is 22.9 Å². The van der Waals surface area contributed by atoms with Crippen molar-refractivity contribution >= 4 is 15.9 Å². The van der Waals surface area contributed by atoms with Crippen LogP contribution in [-0.4, -0.2) is 24.5 Å². The van der Waals surface area contributed by atoms with Crippen molar-refractivity contribution < 1.29 is 13.2 Å². The first-order chi connectivity index (χ1) is 9.22. The monoisotopic (exact) mass is 350 g/mol. The predicted octanol–water partition coefficient (Wildman–Crippen LogP) is 3.64. The molecule has 1 aliphatic rings. The van der Waals surface area contributed by atoms with Gasteiger partial charge in [0, 0.05) is 17.6 Å². The maximum absolute atomic E-state index is 12.8. The molecule has 1 aliphatic heterocycles. The highest BCUT2D eigenvalue weighted by Crippen LogP contribution is 2.34. The van der Waals surface area contributed by atoms with Crippen molar-refractivity contribution in [2.75, 3.05) is 19.6 Å². The van der Waals surface area contributed by atoms with Crippen molar-refractivity contribution in [2.45, 2.75) is 26.1 Å². The van der Waals surface area contributed by atoms with Gasteiger partial charge in [0.2, 0.25) is 0 Å². The Hall–Kier alpha value is -0.590. The van der Waals surface area contributed by atoms with Gasteiger partial charge in [-0.3, -0.25) is 4.90 Å². The summed E-state index contributed by atoms with van der Waals surface area (Å²) in [7, 11) is 0. The minimum absolute atomic E-state index is 0.0822. The molecular formula is C14H18BrF3N2. The zero-order valence-electron chi connectivity index (χ0n) is 11.3. The average molecular weight is 351 g/mol. The topological polar surface area (TPSA) is 29.3 Å². The van der Waals surface area contributed by atoms with Gasteiger partial charge in [-0.2, -0.15) is 13.2 Å². The maximum Gasteiger partial charge on any atom is 0.416 e. The van der Waals surface area contributed by atoms with E-state index in [1.807, 2.05) is 0 Å². The number of nitrogens with zero attached hydrogens (tertiary/aromatic N) is 1. The molecule has 0 saturated carbocycles. The van der Waals surface area contributed by atoms with E-state index in [0.717, 1.165) is 25.6 Å². The van der Waals surface area contributed by atoms with E-state index in [1.165, 1.54) is 6.07 Å². The van der Waals surface area contributed by atoms with E-state index < -0.39 is 11.7 Å². The van der Waals surface area contributed by atoms with E-state index in [2.05, 4.69) is 27.8 Å². The molecule has 20 heavy (non-hydrogen) atoms. The standard InChI is InChI=1S/C14H18BrF3N2/c1-13(8-19)2-3-20(9-13)7-10-4-11(14(16,17)18)6-12(15)5-10/h4-6H,2-3,7-9,19H2,1H3. The van der Waals surface area contributed by atoms with Crippen LogP contribution >= 0.6 is 15.9 Å². The zero-order chi connectivity index (χ0) is 15.0. The fourth-order valence-corrected chi connectivity index (χ4v) is 3.13. The Morgan fingerprint density at radius 3 is 2.60 bits per heavy atom. The minimum Gasteiger partial charge on any atom is -0.330 e. The number of rotatable bonds is 3. The number of benzene rings is 1. The lowest BCUT2D eigenvalue weighted by atomic mass is 9.90. The van der Waals surface area contributed by atoms with Crippen LogP contribution in [0.15, 0.2) is 22.7 Å². The number of hydrogen-bond acceptors (Lipinski definition) is 2. The molecule has 1 atom stereocenters. The summed E-state index contributed by atoms with van der Waals surface area (Å²) in [6, 6.07) is 4.08. The summed E-state index contributed by atoms with van der Waals surface area (Å²) in [6.07, 6.45) is -3.32. The van der Waals surface area contributed by atoms with Crippen molar-refractivity contribution in [1.82, 2.24) is 4.90 Å². The van der Waals surface area contributed by atoms with E-state index in [0.29, 0.717) is 23.1 Å². The Balaban J connectivity index is 2.13. The summed E-state index contributed by atoms with van der Waals surface area (Å²) in [4.78, 5) is 2.16. The number of hydrogen-bond donors (Lipinski definition) is 1. The number of halogens is 4. The second kappa shape index (κ2) is 5.66. The molecule has 0 amide bonds. The van der Waals surface area contributed by atoms with Gasteiger partial charge >= 0.3 is 6.18 Å². The molecule has 1 aromatic rings. The molecule has 2 nitrogen and oxygen atoms in total. The maximum atomic E-state index is 12.8. The molecule has 0 aliphatic carbocycles. The molecule has 1 unspecified atom stereocenters. The van der Waals surface area contributed by atoms with Crippen LogP contribution in [0.5, 0.6) is 0 Å². The molecule has 112 valence electrons. The Kier molecular flexibility index (Phi) is 4.47. The molecule has 6 heteroatoms. The largest absolute Gasteiger partial charge is 0.416 e. The van der Waals surface area contributed by atoms with Gasteiger partial charge < -0.3 is 5.73 Å².